The van der Waals surface area contributed by atoms with E-state index in [9.17, 15) is 4.79 Å². The van der Waals surface area contributed by atoms with Crippen molar-refractivity contribution in [3.05, 3.63) is 12.2 Å². The van der Waals surface area contributed by atoms with Crippen molar-refractivity contribution in [2.45, 2.75) is 18.5 Å². The van der Waals surface area contributed by atoms with E-state index in [-0.39, 0.29) is 11.9 Å². The van der Waals surface area contributed by atoms with Crippen molar-refractivity contribution in [3.8, 4) is 0 Å². The van der Waals surface area contributed by atoms with Crippen LogP contribution in [-0.4, -0.2) is 63.7 Å². The summed E-state index contributed by atoms with van der Waals surface area (Å²) in [6.07, 6.45) is 4.47. The number of nitrogens with one attached hydrogen (secondary N) is 3. The Balaban J connectivity index is 2.28. The predicted octanol–water partition coefficient (Wildman–Crippen LogP) is -0.830. The second kappa shape index (κ2) is 7.42. The number of amides is 1. The van der Waals surface area contributed by atoms with Crippen LogP contribution in [0.15, 0.2) is 12.2 Å². The maximum Gasteiger partial charge on any atom is 0.243 e. The zero-order valence-electron chi connectivity index (χ0n) is 11.0. The molecule has 1 saturated heterocycles. The summed E-state index contributed by atoms with van der Waals surface area (Å²) in [6, 6.07) is 0.664. The van der Waals surface area contributed by atoms with Crippen LogP contribution in [0.2, 0.25) is 0 Å². The lowest BCUT2D eigenvalue weighted by molar-refractivity contribution is -0.117. The fraction of sp³-hybridized carbons (Fsp3) is 0.750. The molecule has 0 aromatic heterocycles. The quantitative estimate of drug-likeness (QED) is 0.549. The van der Waals surface area contributed by atoms with E-state index in [1.54, 1.807) is 6.08 Å². The van der Waals surface area contributed by atoms with E-state index in [0.717, 1.165) is 26.1 Å². The Morgan fingerprint density at radius 1 is 1.41 bits per heavy atom. The number of likely N-dealkylation sites (N-methyl/N-ethyl adjacent to an activating group) is 2. The van der Waals surface area contributed by atoms with Gasteiger partial charge < -0.3 is 20.9 Å². The largest absolute Gasteiger partial charge is 0.348 e. The average Bonchev–Trinajstić information content (AvgIpc) is 2.28. The van der Waals surface area contributed by atoms with Crippen LogP contribution in [-0.2, 0) is 4.79 Å². The molecular weight excluding hydrogens is 216 g/mol. The lowest BCUT2D eigenvalue weighted by Crippen LogP contribution is -2.53. The molecule has 0 spiro atoms. The summed E-state index contributed by atoms with van der Waals surface area (Å²) in [4.78, 5) is 13.6. The van der Waals surface area contributed by atoms with Gasteiger partial charge in [-0.15, -0.1) is 0 Å². The van der Waals surface area contributed by atoms with Gasteiger partial charge in [-0.05, 0) is 27.6 Å². The molecule has 0 saturated carbocycles. The summed E-state index contributed by atoms with van der Waals surface area (Å²) >= 11 is 0. The lowest BCUT2D eigenvalue weighted by Gasteiger charge is -2.30. The normalized spacial score (nSPS) is 25.4. The number of carbonyl (C=O) groups is 1. The van der Waals surface area contributed by atoms with E-state index in [0.29, 0.717) is 6.04 Å². The summed E-state index contributed by atoms with van der Waals surface area (Å²) in [7, 11) is 5.91. The number of nitrogens with zero attached hydrogens (tertiary/aromatic N) is 1. The second-order valence-corrected chi connectivity index (χ2v) is 4.75. The molecule has 2 atom stereocenters. The highest BCUT2D eigenvalue weighted by Gasteiger charge is 2.20. The molecule has 1 aliphatic heterocycles. The summed E-state index contributed by atoms with van der Waals surface area (Å²) in [5, 5.41) is 9.54. The minimum atomic E-state index is -0.00426. The highest BCUT2D eigenvalue weighted by atomic mass is 16.1. The molecule has 0 aromatic rings. The Morgan fingerprint density at radius 2 is 2.12 bits per heavy atom. The Kier molecular flexibility index (Phi) is 6.18. The first-order chi connectivity index (χ1) is 8.11. The van der Waals surface area contributed by atoms with Crippen LogP contribution in [0, 0.1) is 0 Å². The van der Waals surface area contributed by atoms with Crippen molar-refractivity contribution in [1.82, 2.24) is 20.9 Å². The molecule has 1 amide bonds. The topological polar surface area (TPSA) is 56.4 Å². The maximum absolute atomic E-state index is 11.6. The van der Waals surface area contributed by atoms with Gasteiger partial charge in [0.25, 0.3) is 0 Å². The number of piperidine rings is 1. The van der Waals surface area contributed by atoms with Gasteiger partial charge in [0.2, 0.25) is 5.91 Å². The van der Waals surface area contributed by atoms with Crippen molar-refractivity contribution in [1.29, 1.82) is 0 Å². The number of hydrogen-bond donors (Lipinski definition) is 3. The van der Waals surface area contributed by atoms with E-state index >= 15 is 0 Å². The monoisotopic (exact) mass is 240 g/mol. The molecule has 1 aliphatic rings. The summed E-state index contributed by atoms with van der Waals surface area (Å²) < 4.78 is 0. The molecule has 1 rings (SSSR count). The van der Waals surface area contributed by atoms with Gasteiger partial charge in [0.1, 0.15) is 0 Å². The number of carbonyl (C=O) groups excluding carboxylic acids is 1. The van der Waals surface area contributed by atoms with Gasteiger partial charge in [0.15, 0.2) is 0 Å². The first kappa shape index (κ1) is 14.2. The van der Waals surface area contributed by atoms with Gasteiger partial charge in [0, 0.05) is 37.8 Å². The molecule has 5 heteroatoms. The van der Waals surface area contributed by atoms with Crippen molar-refractivity contribution < 1.29 is 4.79 Å². The van der Waals surface area contributed by atoms with E-state index in [1.807, 2.05) is 32.1 Å². The minimum absolute atomic E-state index is 0.00426. The fourth-order valence-corrected chi connectivity index (χ4v) is 1.89. The van der Waals surface area contributed by atoms with Crippen LogP contribution in [0.4, 0.5) is 0 Å². The molecule has 5 nitrogen and oxygen atoms in total. The van der Waals surface area contributed by atoms with E-state index in [4.69, 9.17) is 0 Å². The molecular formula is C12H24N4O. The first-order valence-corrected chi connectivity index (χ1v) is 6.11. The fourth-order valence-electron chi connectivity index (χ4n) is 1.89. The molecule has 0 radical (unpaired) electrons. The molecule has 2 unspecified atom stereocenters. The molecule has 1 fully saturated rings. The smallest absolute Gasteiger partial charge is 0.243 e. The standard InChI is InChI=1S/C12H24N4O/c1-13-10-7-11(9-14-8-10)15-12(17)5-4-6-16(2)3/h4-5,10-11,13-14H,6-9H2,1-3H3,(H,15,17)/b5-4+. The third kappa shape index (κ3) is 5.81. The van der Waals surface area contributed by atoms with Gasteiger partial charge in [0.05, 0.1) is 0 Å². The third-order valence-corrected chi connectivity index (χ3v) is 2.84. The predicted molar refractivity (Wildman–Crippen MR) is 70.0 cm³/mol. The molecule has 3 N–H and O–H groups in total. The zero-order valence-corrected chi connectivity index (χ0v) is 11.0. The molecule has 0 aromatic carbocycles. The van der Waals surface area contributed by atoms with Gasteiger partial charge in [-0.25, -0.2) is 0 Å². The van der Waals surface area contributed by atoms with Crippen LogP contribution < -0.4 is 16.0 Å². The van der Waals surface area contributed by atoms with Gasteiger partial charge in [-0.3, -0.25) is 4.79 Å². The molecule has 17 heavy (non-hydrogen) atoms. The van der Waals surface area contributed by atoms with Crippen molar-refractivity contribution in [2.75, 3.05) is 40.8 Å². The Morgan fingerprint density at radius 3 is 2.76 bits per heavy atom. The van der Waals surface area contributed by atoms with E-state index < -0.39 is 0 Å². The summed E-state index contributed by atoms with van der Waals surface area (Å²) in [5.41, 5.74) is 0. The second-order valence-electron chi connectivity index (χ2n) is 4.75. The first-order valence-electron chi connectivity index (χ1n) is 6.11. The van der Waals surface area contributed by atoms with E-state index in [1.165, 1.54) is 0 Å². The highest BCUT2D eigenvalue weighted by molar-refractivity contribution is 5.87. The summed E-state index contributed by atoms with van der Waals surface area (Å²) in [6.45, 7) is 2.61. The van der Waals surface area contributed by atoms with Crippen LogP contribution in [0.1, 0.15) is 6.42 Å². The lowest BCUT2D eigenvalue weighted by atomic mass is 10.0. The molecule has 98 valence electrons. The average molecular weight is 240 g/mol. The molecule has 0 aliphatic carbocycles. The van der Waals surface area contributed by atoms with Gasteiger partial charge in [-0.2, -0.15) is 0 Å². The number of hydrogen-bond acceptors (Lipinski definition) is 4. The van der Waals surface area contributed by atoms with Crippen molar-refractivity contribution in [3.63, 3.8) is 0 Å². The Bertz CT molecular complexity index is 265. The van der Waals surface area contributed by atoms with Gasteiger partial charge >= 0.3 is 0 Å². The van der Waals surface area contributed by atoms with E-state index in [2.05, 4.69) is 16.0 Å². The zero-order chi connectivity index (χ0) is 12.7. The molecule has 1 heterocycles. The maximum atomic E-state index is 11.6. The highest BCUT2D eigenvalue weighted by Crippen LogP contribution is 2.02. The Labute approximate surface area is 104 Å². The van der Waals surface area contributed by atoms with Crippen molar-refractivity contribution >= 4 is 5.91 Å². The van der Waals surface area contributed by atoms with Gasteiger partial charge in [-0.1, -0.05) is 6.08 Å². The minimum Gasteiger partial charge on any atom is -0.348 e. The summed E-state index contributed by atoms with van der Waals surface area (Å²) in [5.74, 6) is -0.00426. The number of rotatable bonds is 5. The van der Waals surface area contributed by atoms with Crippen LogP contribution >= 0.6 is 0 Å². The van der Waals surface area contributed by atoms with Crippen LogP contribution in [0.5, 0.6) is 0 Å². The Hall–Kier alpha value is -0.910. The van der Waals surface area contributed by atoms with Crippen LogP contribution in [0.3, 0.4) is 0 Å². The van der Waals surface area contributed by atoms with Crippen molar-refractivity contribution in [2.24, 2.45) is 0 Å². The SMILES string of the molecule is CNC1CNCC(NC(=O)/C=C/CN(C)C)C1. The third-order valence-electron chi connectivity index (χ3n) is 2.84. The van der Waals surface area contributed by atoms with Crippen LogP contribution in [0.25, 0.3) is 0 Å². The molecule has 0 bridgehead atoms.